The lowest BCUT2D eigenvalue weighted by Crippen LogP contribution is -2.29. The molecule has 0 saturated carbocycles. The Balaban J connectivity index is 0.00000312. The fraction of sp³-hybridized carbons (Fsp3) is 0.278. The fourth-order valence-electron chi connectivity index (χ4n) is 2.06. The number of carbonyl (C=O) groups is 1. The Bertz CT molecular complexity index is 859. The van der Waals surface area contributed by atoms with Gasteiger partial charge in [0, 0.05) is 16.9 Å². The maximum Gasteiger partial charge on any atom is 0.255 e. The van der Waals surface area contributed by atoms with Gasteiger partial charge in [-0.05, 0) is 56.7 Å². The van der Waals surface area contributed by atoms with Crippen LogP contribution in [0.3, 0.4) is 0 Å². The van der Waals surface area contributed by atoms with E-state index in [0.29, 0.717) is 22.5 Å². The van der Waals surface area contributed by atoms with Crippen molar-refractivity contribution < 1.29 is 13.2 Å². The molecule has 0 fully saturated rings. The Morgan fingerprint density at radius 2 is 1.72 bits per heavy atom. The first-order valence-corrected chi connectivity index (χ1v) is 9.22. The molecule has 0 bridgehead atoms. The highest BCUT2D eigenvalue weighted by Crippen LogP contribution is 2.22. The van der Waals surface area contributed by atoms with Crippen LogP contribution in [0.1, 0.15) is 36.7 Å². The van der Waals surface area contributed by atoms with Gasteiger partial charge in [0.2, 0.25) is 0 Å². The van der Waals surface area contributed by atoms with Crippen LogP contribution in [0.25, 0.3) is 0 Å². The molecular formula is C18H23ClN2O3S. The summed E-state index contributed by atoms with van der Waals surface area (Å²) in [6.45, 7) is 5.02. The number of anilines is 2. The molecule has 0 radical (unpaired) electrons. The molecule has 0 atom stereocenters. The monoisotopic (exact) mass is 382 g/mol. The Hall–Kier alpha value is -2.05. The minimum atomic E-state index is -3.28. The highest BCUT2D eigenvalue weighted by atomic mass is 35.5. The largest absolute Gasteiger partial charge is 0.399 e. The second-order valence-corrected chi connectivity index (χ2v) is 9.39. The second-order valence-electron chi connectivity index (χ2n) is 6.65. The van der Waals surface area contributed by atoms with Gasteiger partial charge in [0.25, 0.3) is 5.91 Å². The lowest BCUT2D eigenvalue weighted by Gasteiger charge is -2.19. The van der Waals surface area contributed by atoms with Gasteiger partial charge in [0.1, 0.15) is 0 Å². The maximum absolute atomic E-state index is 12.3. The smallest absolute Gasteiger partial charge is 0.255 e. The van der Waals surface area contributed by atoms with Crippen LogP contribution in [-0.4, -0.2) is 19.1 Å². The van der Waals surface area contributed by atoms with Gasteiger partial charge in [0.05, 0.1) is 10.5 Å². The van der Waals surface area contributed by atoms with Crippen molar-refractivity contribution >= 4 is 39.5 Å². The fourth-order valence-corrected chi connectivity index (χ4v) is 3.11. The summed E-state index contributed by atoms with van der Waals surface area (Å²) in [6, 6.07) is 13.5. The van der Waals surface area contributed by atoms with Crippen molar-refractivity contribution in [3.63, 3.8) is 0 Å². The van der Waals surface area contributed by atoms with E-state index < -0.39 is 14.6 Å². The lowest BCUT2D eigenvalue weighted by molar-refractivity contribution is 0.102. The van der Waals surface area contributed by atoms with Gasteiger partial charge in [-0.2, -0.15) is 0 Å². The van der Waals surface area contributed by atoms with Crippen molar-refractivity contribution in [1.82, 2.24) is 0 Å². The van der Waals surface area contributed by atoms with Crippen molar-refractivity contribution in [1.29, 1.82) is 0 Å². The molecule has 0 heterocycles. The molecule has 0 aliphatic heterocycles. The Labute approximate surface area is 155 Å². The maximum atomic E-state index is 12.3. The number of benzene rings is 2. The molecule has 136 valence electrons. The topological polar surface area (TPSA) is 89.3 Å². The third-order valence-electron chi connectivity index (χ3n) is 3.62. The molecule has 2 aromatic rings. The van der Waals surface area contributed by atoms with Crippen LogP contribution in [0.4, 0.5) is 11.4 Å². The number of carbonyl (C=O) groups excluding carboxylic acids is 1. The Morgan fingerprint density at radius 3 is 2.32 bits per heavy atom. The third kappa shape index (κ3) is 5.47. The van der Waals surface area contributed by atoms with Crippen molar-refractivity contribution in [3.05, 3.63) is 59.7 Å². The predicted octanol–water partition coefficient (Wildman–Crippen LogP) is 3.66. The highest BCUT2D eigenvalue weighted by molar-refractivity contribution is 7.91. The van der Waals surface area contributed by atoms with Gasteiger partial charge in [0.15, 0.2) is 9.84 Å². The summed E-state index contributed by atoms with van der Waals surface area (Å²) >= 11 is 0. The second kappa shape index (κ2) is 7.89. The number of halogens is 1. The average Bonchev–Trinajstić information content (AvgIpc) is 2.46. The molecule has 7 heteroatoms. The minimum Gasteiger partial charge on any atom is -0.399 e. The SMILES string of the molecule is CC(C)(C)S(=O)(=O)Cc1cccc(NC(=O)c2cccc(N)c2)c1.Cl. The normalized spacial score (nSPS) is 11.5. The molecule has 25 heavy (non-hydrogen) atoms. The molecule has 0 unspecified atom stereocenters. The van der Waals surface area contributed by atoms with Crippen LogP contribution in [0.5, 0.6) is 0 Å². The van der Waals surface area contributed by atoms with Crippen LogP contribution >= 0.6 is 12.4 Å². The molecule has 2 aromatic carbocycles. The van der Waals surface area contributed by atoms with E-state index >= 15 is 0 Å². The van der Waals surface area contributed by atoms with Crippen LogP contribution in [0, 0.1) is 0 Å². The van der Waals surface area contributed by atoms with Gasteiger partial charge < -0.3 is 11.1 Å². The molecular weight excluding hydrogens is 360 g/mol. The summed E-state index contributed by atoms with van der Waals surface area (Å²) in [6.07, 6.45) is 0. The predicted molar refractivity (Wildman–Crippen MR) is 105 cm³/mol. The quantitative estimate of drug-likeness (QED) is 0.789. The molecule has 5 nitrogen and oxygen atoms in total. The number of rotatable bonds is 4. The van der Waals surface area contributed by atoms with Crippen molar-refractivity contribution in [3.8, 4) is 0 Å². The highest BCUT2D eigenvalue weighted by Gasteiger charge is 2.29. The van der Waals surface area contributed by atoms with E-state index in [4.69, 9.17) is 5.73 Å². The summed E-state index contributed by atoms with van der Waals surface area (Å²) in [5, 5.41) is 2.76. The summed E-state index contributed by atoms with van der Waals surface area (Å²) < 4.78 is 23.8. The molecule has 1 amide bonds. The van der Waals surface area contributed by atoms with Crippen molar-refractivity contribution in [2.75, 3.05) is 11.1 Å². The summed E-state index contributed by atoms with van der Waals surface area (Å²) in [4.78, 5) is 12.2. The van der Waals surface area contributed by atoms with E-state index in [1.165, 1.54) is 0 Å². The number of nitrogens with one attached hydrogen (secondary N) is 1. The number of amides is 1. The number of hydrogen-bond donors (Lipinski definition) is 2. The lowest BCUT2D eigenvalue weighted by atomic mass is 10.1. The van der Waals surface area contributed by atoms with Crippen LogP contribution < -0.4 is 11.1 Å². The van der Waals surface area contributed by atoms with Gasteiger partial charge in [-0.15, -0.1) is 12.4 Å². The Morgan fingerprint density at radius 1 is 1.08 bits per heavy atom. The average molecular weight is 383 g/mol. The summed E-state index contributed by atoms with van der Waals surface area (Å²) in [7, 11) is -3.28. The van der Waals surface area contributed by atoms with Crippen molar-refractivity contribution in [2.24, 2.45) is 0 Å². The Kier molecular flexibility index (Phi) is 6.62. The van der Waals surface area contributed by atoms with E-state index in [2.05, 4.69) is 5.32 Å². The van der Waals surface area contributed by atoms with Gasteiger partial charge in [-0.25, -0.2) is 8.42 Å². The van der Waals surface area contributed by atoms with Gasteiger partial charge >= 0.3 is 0 Å². The first-order chi connectivity index (χ1) is 11.1. The first kappa shape index (κ1) is 21.0. The summed E-state index contributed by atoms with van der Waals surface area (Å²) in [5.74, 6) is -0.364. The number of nitrogen functional groups attached to an aromatic ring is 1. The van der Waals surface area contributed by atoms with Crippen LogP contribution in [0.2, 0.25) is 0 Å². The molecule has 3 N–H and O–H groups in total. The zero-order chi connectivity index (χ0) is 18.0. The molecule has 0 aliphatic carbocycles. The van der Waals surface area contributed by atoms with E-state index in [9.17, 15) is 13.2 Å². The molecule has 0 saturated heterocycles. The standard InChI is InChI=1S/C18H22N2O3S.ClH/c1-18(2,3)24(22,23)12-13-6-4-9-16(10-13)20-17(21)14-7-5-8-15(19)11-14;/h4-11H,12,19H2,1-3H3,(H,20,21);1H. The van der Waals surface area contributed by atoms with E-state index in [-0.39, 0.29) is 24.1 Å². The molecule has 0 spiro atoms. The number of hydrogen-bond acceptors (Lipinski definition) is 4. The number of nitrogens with two attached hydrogens (primary N) is 1. The van der Waals surface area contributed by atoms with E-state index in [1.807, 2.05) is 0 Å². The third-order valence-corrected chi connectivity index (χ3v) is 6.20. The first-order valence-electron chi connectivity index (χ1n) is 7.57. The van der Waals surface area contributed by atoms with Crippen molar-refractivity contribution in [2.45, 2.75) is 31.3 Å². The van der Waals surface area contributed by atoms with Gasteiger partial charge in [-0.1, -0.05) is 18.2 Å². The zero-order valence-corrected chi connectivity index (χ0v) is 16.1. The molecule has 2 rings (SSSR count). The van der Waals surface area contributed by atoms with E-state index in [0.717, 1.165) is 0 Å². The van der Waals surface area contributed by atoms with Gasteiger partial charge in [-0.3, -0.25) is 4.79 Å². The molecule has 0 aliphatic rings. The van der Waals surface area contributed by atoms with Crippen LogP contribution in [-0.2, 0) is 15.6 Å². The van der Waals surface area contributed by atoms with E-state index in [1.54, 1.807) is 69.3 Å². The van der Waals surface area contributed by atoms with Crippen LogP contribution in [0.15, 0.2) is 48.5 Å². The minimum absolute atomic E-state index is 0. The molecule has 0 aromatic heterocycles. The number of sulfone groups is 1. The zero-order valence-electron chi connectivity index (χ0n) is 14.4. The summed E-state index contributed by atoms with van der Waals surface area (Å²) in [5.41, 5.74) is 7.81.